The average Bonchev–Trinajstić information content (AvgIpc) is 2.55. The summed E-state index contributed by atoms with van der Waals surface area (Å²) in [6.45, 7) is -1.35. The van der Waals surface area contributed by atoms with Crippen LogP contribution in [0.3, 0.4) is 0 Å². The summed E-state index contributed by atoms with van der Waals surface area (Å²) in [5.74, 6) is 0. The summed E-state index contributed by atoms with van der Waals surface area (Å²) in [6, 6.07) is 0. The van der Waals surface area contributed by atoms with Crippen LogP contribution in [-0.2, 0) is 14.2 Å². The third-order valence-electron chi connectivity index (χ3n) is 3.98. The van der Waals surface area contributed by atoms with E-state index in [0.717, 1.165) is 0 Å². The third kappa shape index (κ3) is 4.01. The van der Waals surface area contributed by atoms with Gasteiger partial charge in [-0.1, -0.05) is 0 Å². The highest BCUT2D eigenvalue weighted by molar-refractivity contribution is 4.93. The van der Waals surface area contributed by atoms with E-state index in [1.54, 1.807) is 0 Å². The predicted octanol–water partition coefficient (Wildman–Crippen LogP) is -6.22. The maximum absolute atomic E-state index is 9.94. The summed E-state index contributed by atoms with van der Waals surface area (Å²) in [5.41, 5.74) is 0. The van der Waals surface area contributed by atoms with E-state index >= 15 is 0 Å². The molecular formula is C12H24O12. The summed E-state index contributed by atoms with van der Waals surface area (Å²) in [5, 5.41) is 76.5. The highest BCUT2D eigenvalue weighted by atomic mass is 16.7. The van der Waals surface area contributed by atoms with Crippen molar-refractivity contribution in [3.63, 3.8) is 0 Å². The molecule has 0 saturated carbocycles. The number of hydrogen-bond donors (Lipinski definition) is 8. The van der Waals surface area contributed by atoms with Crippen LogP contribution in [0, 0.1) is 0 Å². The van der Waals surface area contributed by atoms with Gasteiger partial charge in [-0.05, 0) is 0 Å². The molecule has 2 aliphatic heterocycles. The van der Waals surface area contributed by atoms with Crippen LogP contribution in [0.25, 0.3) is 0 Å². The molecule has 2 saturated heterocycles. The lowest BCUT2D eigenvalue weighted by molar-refractivity contribution is -0.355. The number of rotatable bonds is 4. The Morgan fingerprint density at radius 1 is 0.667 bits per heavy atom. The molecule has 2 heterocycles. The van der Waals surface area contributed by atoms with E-state index in [9.17, 15) is 35.7 Å². The number of ether oxygens (including phenoxy) is 3. The van der Waals surface area contributed by atoms with E-state index in [2.05, 4.69) is 0 Å². The molecular weight excluding hydrogens is 336 g/mol. The van der Waals surface area contributed by atoms with Crippen molar-refractivity contribution in [2.75, 3.05) is 13.2 Å². The standard InChI is InChI=1S/C12H22O11.H2O/c13-1-3-5(15)6(16)9(19)12(22-3)23-10-4(2-14)21-11(20)8(18)7(10)17;/h3-20H,1-2H2;1H2/t3?,4?,5-,6?,7?,8?,9?,10+,11-,12-;/m0./s1. The third-order valence-corrected chi connectivity index (χ3v) is 3.98. The Morgan fingerprint density at radius 2 is 1.25 bits per heavy atom. The molecule has 0 radical (unpaired) electrons. The van der Waals surface area contributed by atoms with Gasteiger partial charge in [-0.25, -0.2) is 0 Å². The molecule has 24 heavy (non-hydrogen) atoms. The lowest BCUT2D eigenvalue weighted by atomic mass is 9.97. The Hall–Kier alpha value is -0.480. The normalized spacial score (nSPS) is 49.5. The number of hydrogen-bond acceptors (Lipinski definition) is 11. The predicted molar refractivity (Wildman–Crippen MR) is 72.2 cm³/mol. The molecule has 12 nitrogen and oxygen atoms in total. The van der Waals surface area contributed by atoms with Crippen LogP contribution in [0.4, 0.5) is 0 Å². The first-order valence-electron chi connectivity index (χ1n) is 7.08. The zero-order valence-corrected chi connectivity index (χ0v) is 12.5. The van der Waals surface area contributed by atoms with Gasteiger partial charge in [0.05, 0.1) is 13.2 Å². The Balaban J connectivity index is 0.00000288. The molecule has 2 aliphatic rings. The molecule has 0 aliphatic carbocycles. The zero-order valence-electron chi connectivity index (χ0n) is 12.5. The fourth-order valence-electron chi connectivity index (χ4n) is 2.57. The van der Waals surface area contributed by atoms with Gasteiger partial charge in [-0.15, -0.1) is 0 Å². The van der Waals surface area contributed by atoms with E-state index in [-0.39, 0.29) is 5.48 Å². The molecule has 12 heteroatoms. The molecule has 10 N–H and O–H groups in total. The van der Waals surface area contributed by atoms with E-state index in [0.29, 0.717) is 0 Å². The minimum Gasteiger partial charge on any atom is -0.412 e. The molecule has 0 amide bonds. The maximum Gasteiger partial charge on any atom is 0.187 e. The van der Waals surface area contributed by atoms with Gasteiger partial charge in [0.2, 0.25) is 0 Å². The van der Waals surface area contributed by atoms with Crippen molar-refractivity contribution < 1.29 is 60.5 Å². The first-order valence-corrected chi connectivity index (χ1v) is 7.08. The van der Waals surface area contributed by atoms with Crippen molar-refractivity contribution in [3.05, 3.63) is 0 Å². The van der Waals surface area contributed by atoms with Crippen LogP contribution >= 0.6 is 0 Å². The molecule has 144 valence electrons. The Labute approximate surface area is 136 Å². The average molecular weight is 360 g/mol. The first kappa shape index (κ1) is 21.6. The highest BCUT2D eigenvalue weighted by Gasteiger charge is 2.50. The van der Waals surface area contributed by atoms with Gasteiger partial charge in [0, 0.05) is 0 Å². The molecule has 2 rings (SSSR count). The van der Waals surface area contributed by atoms with Gasteiger partial charge in [0.15, 0.2) is 12.6 Å². The van der Waals surface area contributed by atoms with Gasteiger partial charge < -0.3 is 60.5 Å². The zero-order chi connectivity index (χ0) is 17.3. The van der Waals surface area contributed by atoms with Crippen molar-refractivity contribution in [1.82, 2.24) is 0 Å². The lowest BCUT2D eigenvalue weighted by Gasteiger charge is -2.45. The number of aliphatic hydroxyl groups excluding tert-OH is 8. The second-order valence-corrected chi connectivity index (χ2v) is 5.53. The van der Waals surface area contributed by atoms with E-state index in [1.807, 2.05) is 0 Å². The smallest absolute Gasteiger partial charge is 0.187 e. The van der Waals surface area contributed by atoms with Gasteiger partial charge in [0.25, 0.3) is 0 Å². The Bertz CT molecular complexity index is 379. The summed E-state index contributed by atoms with van der Waals surface area (Å²) >= 11 is 0. The summed E-state index contributed by atoms with van der Waals surface area (Å²) in [7, 11) is 0. The SMILES string of the molecule is O.OCC1O[C@@H](O[C@@H]2C(CO)O[C@H](O)C(O)C2O)C(O)C(O)[C@H]1O. The highest BCUT2D eigenvalue weighted by Crippen LogP contribution is 2.28. The van der Waals surface area contributed by atoms with Crippen LogP contribution in [-0.4, -0.2) is 121 Å². The van der Waals surface area contributed by atoms with Crippen molar-refractivity contribution in [2.45, 2.75) is 61.4 Å². The number of aliphatic hydroxyl groups is 8. The second kappa shape index (κ2) is 8.75. The van der Waals surface area contributed by atoms with E-state index in [1.165, 1.54) is 0 Å². The molecule has 0 aromatic heterocycles. The monoisotopic (exact) mass is 360 g/mol. The van der Waals surface area contributed by atoms with Crippen LogP contribution in [0.5, 0.6) is 0 Å². The van der Waals surface area contributed by atoms with E-state index in [4.69, 9.17) is 19.3 Å². The summed E-state index contributed by atoms with van der Waals surface area (Å²) in [4.78, 5) is 0. The van der Waals surface area contributed by atoms with Crippen LogP contribution in [0.2, 0.25) is 0 Å². The van der Waals surface area contributed by atoms with E-state index < -0.39 is 74.6 Å². The Morgan fingerprint density at radius 3 is 1.79 bits per heavy atom. The first-order chi connectivity index (χ1) is 10.8. The minimum absolute atomic E-state index is 0. The molecule has 0 spiro atoms. The molecule has 10 atom stereocenters. The molecule has 0 aromatic carbocycles. The van der Waals surface area contributed by atoms with Crippen molar-refractivity contribution in [3.8, 4) is 0 Å². The van der Waals surface area contributed by atoms with Crippen LogP contribution < -0.4 is 0 Å². The Kier molecular flexibility index (Phi) is 7.86. The van der Waals surface area contributed by atoms with Gasteiger partial charge >= 0.3 is 0 Å². The summed E-state index contributed by atoms with van der Waals surface area (Å²) in [6.07, 6.45) is -15.6. The second-order valence-electron chi connectivity index (χ2n) is 5.53. The van der Waals surface area contributed by atoms with Crippen LogP contribution in [0.15, 0.2) is 0 Å². The van der Waals surface area contributed by atoms with Gasteiger partial charge in [-0.2, -0.15) is 0 Å². The summed E-state index contributed by atoms with van der Waals surface area (Å²) < 4.78 is 15.3. The lowest BCUT2D eigenvalue weighted by Crippen LogP contribution is -2.64. The molecule has 0 aromatic rings. The van der Waals surface area contributed by atoms with Crippen LogP contribution in [0.1, 0.15) is 0 Å². The molecule has 6 unspecified atom stereocenters. The van der Waals surface area contributed by atoms with Crippen molar-refractivity contribution in [2.24, 2.45) is 0 Å². The molecule has 0 bridgehead atoms. The van der Waals surface area contributed by atoms with Crippen molar-refractivity contribution >= 4 is 0 Å². The van der Waals surface area contributed by atoms with Crippen molar-refractivity contribution in [1.29, 1.82) is 0 Å². The minimum atomic E-state index is -1.74. The topological polar surface area (TPSA) is 221 Å². The largest absolute Gasteiger partial charge is 0.412 e. The van der Waals surface area contributed by atoms with Gasteiger partial charge in [0.1, 0.15) is 48.8 Å². The quantitative estimate of drug-likeness (QED) is 0.235. The fourth-order valence-corrected chi connectivity index (χ4v) is 2.57. The molecule has 2 fully saturated rings. The van der Waals surface area contributed by atoms with Gasteiger partial charge in [-0.3, -0.25) is 0 Å². The fraction of sp³-hybridized carbons (Fsp3) is 1.00. The maximum atomic E-state index is 9.94.